The quantitative estimate of drug-likeness (QED) is 0.876. The molecule has 1 unspecified atom stereocenters. The third kappa shape index (κ3) is 3.66. The maximum atomic E-state index is 12.4. The lowest BCUT2D eigenvalue weighted by molar-refractivity contribution is -0.137. The van der Waals surface area contributed by atoms with E-state index in [1.165, 1.54) is 10.9 Å². The number of carbonyl (C=O) groups excluding carboxylic acids is 1. The van der Waals surface area contributed by atoms with Gasteiger partial charge in [0.05, 0.1) is 24.4 Å². The Labute approximate surface area is 118 Å². The van der Waals surface area contributed by atoms with Gasteiger partial charge >= 0.3 is 6.18 Å². The molecule has 0 radical (unpaired) electrons. The summed E-state index contributed by atoms with van der Waals surface area (Å²) < 4.78 is 38.6. The number of aromatic nitrogens is 3. The summed E-state index contributed by atoms with van der Waals surface area (Å²) in [4.78, 5) is 12.0. The van der Waals surface area contributed by atoms with Crippen LogP contribution in [0.5, 0.6) is 0 Å². The average molecular weight is 299 g/mol. The fourth-order valence-corrected chi connectivity index (χ4v) is 1.72. The van der Waals surface area contributed by atoms with E-state index in [0.717, 1.165) is 24.3 Å². The highest BCUT2D eigenvalue weighted by atomic mass is 19.4. The van der Waals surface area contributed by atoms with E-state index in [1.54, 1.807) is 6.92 Å². The van der Waals surface area contributed by atoms with Gasteiger partial charge in [0, 0.05) is 5.56 Å². The van der Waals surface area contributed by atoms with E-state index in [4.69, 9.17) is 0 Å². The number of aliphatic hydroxyl groups is 1. The molecule has 8 heteroatoms. The maximum absolute atomic E-state index is 12.4. The summed E-state index contributed by atoms with van der Waals surface area (Å²) in [6.45, 7) is 1.73. The van der Waals surface area contributed by atoms with Crippen LogP contribution in [-0.4, -0.2) is 32.0 Å². The molecule has 1 heterocycles. The SMILES string of the molecule is CC(O)Cn1cc(C(=O)c2ccc(C(F)(F)F)cc2)nn1. The number of benzene rings is 1. The number of alkyl halides is 3. The number of aliphatic hydroxyl groups excluding tert-OH is 1. The summed E-state index contributed by atoms with van der Waals surface area (Å²) in [6.07, 6.45) is -3.75. The molecule has 0 spiro atoms. The molecule has 1 aromatic carbocycles. The van der Waals surface area contributed by atoms with Gasteiger partial charge in [-0.1, -0.05) is 17.3 Å². The van der Waals surface area contributed by atoms with Crippen molar-refractivity contribution in [3.05, 3.63) is 47.3 Å². The lowest BCUT2D eigenvalue weighted by atomic mass is 10.1. The van der Waals surface area contributed by atoms with Crippen molar-refractivity contribution in [2.45, 2.75) is 25.7 Å². The lowest BCUT2D eigenvalue weighted by Crippen LogP contribution is -2.12. The first-order valence-corrected chi connectivity index (χ1v) is 6.07. The third-order valence-electron chi connectivity index (χ3n) is 2.70. The van der Waals surface area contributed by atoms with Crippen LogP contribution < -0.4 is 0 Å². The zero-order valence-electron chi connectivity index (χ0n) is 11.0. The third-order valence-corrected chi connectivity index (χ3v) is 2.70. The molecule has 0 bridgehead atoms. The Morgan fingerprint density at radius 3 is 2.48 bits per heavy atom. The normalized spacial score (nSPS) is 13.2. The predicted octanol–water partition coefficient (Wildman–Crippen LogP) is 1.91. The van der Waals surface area contributed by atoms with Gasteiger partial charge in [0.2, 0.25) is 5.78 Å². The smallest absolute Gasteiger partial charge is 0.391 e. The Morgan fingerprint density at radius 1 is 1.33 bits per heavy atom. The molecule has 0 fully saturated rings. The largest absolute Gasteiger partial charge is 0.416 e. The standard InChI is InChI=1S/C13H12F3N3O2/c1-8(20)6-19-7-11(17-18-19)12(21)9-2-4-10(5-3-9)13(14,15)16/h2-5,7-8,20H,6H2,1H3. The molecule has 21 heavy (non-hydrogen) atoms. The van der Waals surface area contributed by atoms with Crippen molar-refractivity contribution in [3.63, 3.8) is 0 Å². The highest BCUT2D eigenvalue weighted by molar-refractivity contribution is 6.07. The summed E-state index contributed by atoms with van der Waals surface area (Å²) in [7, 11) is 0. The number of carbonyl (C=O) groups is 1. The van der Waals surface area contributed by atoms with E-state index < -0.39 is 23.6 Å². The summed E-state index contributed by atoms with van der Waals surface area (Å²) in [5.41, 5.74) is -0.723. The monoisotopic (exact) mass is 299 g/mol. The van der Waals surface area contributed by atoms with E-state index in [0.29, 0.717) is 0 Å². The Bertz CT molecular complexity index is 633. The van der Waals surface area contributed by atoms with Gasteiger partial charge in [0.25, 0.3) is 0 Å². The van der Waals surface area contributed by atoms with Gasteiger partial charge in [-0.25, -0.2) is 4.68 Å². The Balaban J connectivity index is 2.18. The minimum Gasteiger partial charge on any atom is -0.391 e. The second-order valence-corrected chi connectivity index (χ2v) is 4.58. The van der Waals surface area contributed by atoms with Gasteiger partial charge < -0.3 is 5.11 Å². The van der Waals surface area contributed by atoms with E-state index in [-0.39, 0.29) is 17.8 Å². The number of halogens is 3. The van der Waals surface area contributed by atoms with Crippen molar-refractivity contribution in [1.82, 2.24) is 15.0 Å². The number of nitrogens with zero attached hydrogens (tertiary/aromatic N) is 3. The van der Waals surface area contributed by atoms with E-state index in [1.807, 2.05) is 0 Å². The fraction of sp³-hybridized carbons (Fsp3) is 0.308. The van der Waals surface area contributed by atoms with Crippen LogP contribution in [0.3, 0.4) is 0 Å². The second kappa shape index (κ2) is 5.65. The van der Waals surface area contributed by atoms with Crippen LogP contribution in [-0.2, 0) is 12.7 Å². The number of hydrogen-bond donors (Lipinski definition) is 1. The molecular weight excluding hydrogens is 287 g/mol. The van der Waals surface area contributed by atoms with Gasteiger partial charge in [0.1, 0.15) is 0 Å². The zero-order valence-corrected chi connectivity index (χ0v) is 11.0. The lowest BCUT2D eigenvalue weighted by Gasteiger charge is -2.06. The number of ketones is 1. The fourth-order valence-electron chi connectivity index (χ4n) is 1.72. The van der Waals surface area contributed by atoms with Gasteiger partial charge in [-0.3, -0.25) is 4.79 Å². The summed E-state index contributed by atoms with van der Waals surface area (Å²) in [5, 5.41) is 16.5. The Hall–Kier alpha value is -2.22. The summed E-state index contributed by atoms with van der Waals surface area (Å²) in [6, 6.07) is 3.87. The van der Waals surface area contributed by atoms with Crippen molar-refractivity contribution in [2.75, 3.05) is 0 Å². The topological polar surface area (TPSA) is 68.0 Å². The van der Waals surface area contributed by atoms with Crippen molar-refractivity contribution < 1.29 is 23.1 Å². The highest BCUT2D eigenvalue weighted by Gasteiger charge is 2.30. The van der Waals surface area contributed by atoms with Crippen LogP contribution in [0.4, 0.5) is 13.2 Å². The van der Waals surface area contributed by atoms with Crippen molar-refractivity contribution in [2.24, 2.45) is 0 Å². The molecule has 112 valence electrons. The van der Waals surface area contributed by atoms with Crippen LogP contribution in [0.1, 0.15) is 28.5 Å². The molecule has 5 nitrogen and oxygen atoms in total. The van der Waals surface area contributed by atoms with Crippen LogP contribution >= 0.6 is 0 Å². The predicted molar refractivity (Wildman–Crippen MR) is 66.6 cm³/mol. The average Bonchev–Trinajstić information content (AvgIpc) is 2.84. The molecule has 0 aliphatic rings. The molecule has 0 aliphatic carbocycles. The van der Waals surface area contributed by atoms with Crippen molar-refractivity contribution in [3.8, 4) is 0 Å². The van der Waals surface area contributed by atoms with Crippen molar-refractivity contribution >= 4 is 5.78 Å². The minimum atomic E-state index is -4.44. The zero-order chi connectivity index (χ0) is 15.6. The Morgan fingerprint density at radius 2 is 1.95 bits per heavy atom. The number of hydrogen-bond acceptors (Lipinski definition) is 4. The van der Waals surface area contributed by atoms with Gasteiger partial charge in [-0.2, -0.15) is 13.2 Å². The molecule has 0 aliphatic heterocycles. The Kier molecular flexibility index (Phi) is 4.08. The second-order valence-electron chi connectivity index (χ2n) is 4.58. The summed E-state index contributed by atoms with van der Waals surface area (Å²) >= 11 is 0. The molecule has 1 aromatic heterocycles. The first kappa shape index (κ1) is 15.2. The van der Waals surface area contributed by atoms with E-state index in [2.05, 4.69) is 10.3 Å². The van der Waals surface area contributed by atoms with Crippen LogP contribution in [0.2, 0.25) is 0 Å². The molecule has 0 saturated heterocycles. The van der Waals surface area contributed by atoms with Crippen LogP contribution in [0.15, 0.2) is 30.5 Å². The van der Waals surface area contributed by atoms with Gasteiger partial charge in [-0.15, -0.1) is 5.10 Å². The van der Waals surface area contributed by atoms with E-state index in [9.17, 15) is 23.1 Å². The molecule has 1 N–H and O–H groups in total. The van der Waals surface area contributed by atoms with E-state index >= 15 is 0 Å². The maximum Gasteiger partial charge on any atom is 0.416 e. The van der Waals surface area contributed by atoms with Crippen LogP contribution in [0, 0.1) is 0 Å². The minimum absolute atomic E-state index is 0.00964. The molecular formula is C13H12F3N3O2. The molecule has 0 amide bonds. The first-order chi connectivity index (χ1) is 9.77. The van der Waals surface area contributed by atoms with Crippen LogP contribution in [0.25, 0.3) is 0 Å². The molecule has 1 atom stereocenters. The summed E-state index contributed by atoms with van der Waals surface area (Å²) in [5.74, 6) is -0.527. The molecule has 2 aromatic rings. The van der Waals surface area contributed by atoms with Crippen molar-refractivity contribution in [1.29, 1.82) is 0 Å². The molecule has 2 rings (SSSR count). The number of rotatable bonds is 4. The first-order valence-electron chi connectivity index (χ1n) is 6.07. The molecule has 0 saturated carbocycles. The van der Waals surface area contributed by atoms with Gasteiger partial charge in [0.15, 0.2) is 5.69 Å². The highest BCUT2D eigenvalue weighted by Crippen LogP contribution is 2.29. The van der Waals surface area contributed by atoms with Gasteiger partial charge in [-0.05, 0) is 19.1 Å².